The Kier molecular flexibility index (Phi) is 6.65. The summed E-state index contributed by atoms with van der Waals surface area (Å²) in [5.74, 6) is 1.04. The lowest BCUT2D eigenvalue weighted by Gasteiger charge is -2.02. The normalized spacial score (nSPS) is 13.7. The summed E-state index contributed by atoms with van der Waals surface area (Å²) in [6.45, 7) is 4.09. The highest BCUT2D eigenvalue weighted by Crippen LogP contribution is 2.13. The minimum absolute atomic E-state index is 0.378. The van der Waals surface area contributed by atoms with Crippen LogP contribution in [0.1, 0.15) is 33.1 Å². The molecule has 0 aliphatic rings. The maximum absolute atomic E-state index is 10.7. The highest BCUT2D eigenvalue weighted by Gasteiger charge is 2.00. The molecule has 0 saturated carbocycles. The van der Waals surface area contributed by atoms with Crippen LogP contribution in [0, 0.1) is 0 Å². The second-order valence-corrected chi connectivity index (χ2v) is 3.33. The van der Waals surface area contributed by atoms with Crippen LogP contribution in [-0.2, 0) is 5.11 Å². The molecule has 0 aromatic rings. The Morgan fingerprint density at radius 3 is 2.56 bits per heavy atom. The summed E-state index contributed by atoms with van der Waals surface area (Å²) in [5, 5.41) is 10.7. The van der Waals surface area contributed by atoms with Gasteiger partial charge in [0, 0.05) is 0 Å². The Hall–Kier alpha value is 0.310. The predicted octanol–water partition coefficient (Wildman–Crippen LogP) is 2.69. The molecule has 1 unspecified atom stereocenters. The van der Waals surface area contributed by atoms with Crippen molar-refractivity contribution in [1.29, 1.82) is 0 Å². The first-order chi connectivity index (χ1) is 4.31. The van der Waals surface area contributed by atoms with Gasteiger partial charge in [0.25, 0.3) is 0 Å². The van der Waals surface area contributed by atoms with Crippen LogP contribution in [0.25, 0.3) is 0 Å². The third-order valence-corrected chi connectivity index (χ3v) is 2.36. The lowest BCUT2D eigenvalue weighted by molar-refractivity contribution is 0.162. The lowest BCUT2D eigenvalue weighted by Crippen LogP contribution is -1.96. The van der Waals surface area contributed by atoms with Crippen LogP contribution in [0.2, 0.25) is 0 Å². The zero-order chi connectivity index (χ0) is 7.11. The molecular formula is C7H15OS. The van der Waals surface area contributed by atoms with Gasteiger partial charge in [0.2, 0.25) is 0 Å². The molecule has 0 rings (SSSR count). The van der Waals surface area contributed by atoms with Gasteiger partial charge in [-0.3, -0.25) is 0 Å². The highest BCUT2D eigenvalue weighted by molar-refractivity contribution is 7.99. The molecule has 9 heavy (non-hydrogen) atoms. The van der Waals surface area contributed by atoms with E-state index in [4.69, 9.17) is 0 Å². The molecule has 0 saturated heterocycles. The van der Waals surface area contributed by atoms with E-state index in [1.807, 2.05) is 6.92 Å². The van der Waals surface area contributed by atoms with Gasteiger partial charge in [-0.25, -0.2) is 5.11 Å². The molecule has 1 atom stereocenters. The first kappa shape index (κ1) is 9.31. The fraction of sp³-hybridized carbons (Fsp3) is 1.00. The molecule has 0 aliphatic carbocycles. The van der Waals surface area contributed by atoms with Gasteiger partial charge >= 0.3 is 0 Å². The van der Waals surface area contributed by atoms with Crippen molar-refractivity contribution in [2.75, 3.05) is 5.75 Å². The Morgan fingerprint density at radius 2 is 2.11 bits per heavy atom. The number of hydrogen-bond donors (Lipinski definition) is 0. The van der Waals surface area contributed by atoms with Gasteiger partial charge in [-0.15, -0.1) is 11.8 Å². The minimum atomic E-state index is -0.378. The van der Waals surface area contributed by atoms with Crippen LogP contribution in [0.15, 0.2) is 0 Å². The number of rotatable bonds is 5. The smallest absolute Gasteiger partial charge is 0.138 e. The number of unbranched alkanes of at least 4 members (excludes halogenated alkanes) is 1. The predicted molar refractivity (Wildman–Crippen MR) is 42.1 cm³/mol. The maximum atomic E-state index is 10.7. The summed E-state index contributed by atoms with van der Waals surface area (Å²) in [5.41, 5.74) is -0.378. The average molecular weight is 147 g/mol. The Labute approximate surface area is 61.8 Å². The molecule has 0 amide bonds. The second-order valence-electron chi connectivity index (χ2n) is 2.06. The summed E-state index contributed by atoms with van der Waals surface area (Å²) in [7, 11) is 0. The SMILES string of the molecule is CCCCSC([O])CC. The van der Waals surface area contributed by atoms with Crippen molar-refractivity contribution in [2.24, 2.45) is 0 Å². The van der Waals surface area contributed by atoms with Crippen LogP contribution >= 0.6 is 11.8 Å². The Balaban J connectivity index is 2.88. The van der Waals surface area contributed by atoms with Gasteiger partial charge in [0.05, 0.1) is 0 Å². The summed E-state index contributed by atoms with van der Waals surface area (Å²) in [6, 6.07) is 0. The molecule has 0 aliphatic heterocycles. The van der Waals surface area contributed by atoms with Gasteiger partial charge in [0.15, 0.2) is 0 Å². The van der Waals surface area contributed by atoms with E-state index in [9.17, 15) is 5.11 Å². The summed E-state index contributed by atoms with van der Waals surface area (Å²) in [6.07, 6.45) is 3.14. The van der Waals surface area contributed by atoms with Crippen molar-refractivity contribution in [3.05, 3.63) is 0 Å². The molecule has 1 radical (unpaired) electrons. The van der Waals surface area contributed by atoms with E-state index in [0.29, 0.717) is 0 Å². The van der Waals surface area contributed by atoms with E-state index in [1.54, 1.807) is 11.8 Å². The molecule has 0 N–H and O–H groups in total. The molecule has 0 heterocycles. The molecule has 0 fully saturated rings. The van der Waals surface area contributed by atoms with E-state index in [2.05, 4.69) is 6.92 Å². The van der Waals surface area contributed by atoms with Crippen molar-refractivity contribution in [3.63, 3.8) is 0 Å². The fourth-order valence-corrected chi connectivity index (χ4v) is 1.43. The van der Waals surface area contributed by atoms with Crippen LogP contribution in [0.5, 0.6) is 0 Å². The summed E-state index contributed by atoms with van der Waals surface area (Å²) in [4.78, 5) is 0. The highest BCUT2D eigenvalue weighted by atomic mass is 32.2. The summed E-state index contributed by atoms with van der Waals surface area (Å²) >= 11 is 1.55. The molecule has 1 nitrogen and oxygen atoms in total. The van der Waals surface area contributed by atoms with E-state index in [0.717, 1.165) is 12.2 Å². The topological polar surface area (TPSA) is 19.9 Å². The zero-order valence-corrected chi connectivity index (χ0v) is 7.04. The zero-order valence-electron chi connectivity index (χ0n) is 6.22. The van der Waals surface area contributed by atoms with Crippen LogP contribution in [0.4, 0.5) is 0 Å². The third-order valence-electron chi connectivity index (χ3n) is 1.13. The van der Waals surface area contributed by atoms with Gasteiger partial charge in [-0.2, -0.15) is 0 Å². The monoisotopic (exact) mass is 147 g/mol. The number of hydrogen-bond acceptors (Lipinski definition) is 1. The van der Waals surface area contributed by atoms with Gasteiger partial charge < -0.3 is 0 Å². The van der Waals surface area contributed by atoms with E-state index in [-0.39, 0.29) is 5.44 Å². The quantitative estimate of drug-likeness (QED) is 0.432. The van der Waals surface area contributed by atoms with Gasteiger partial charge in [0.1, 0.15) is 5.44 Å². The van der Waals surface area contributed by atoms with Gasteiger partial charge in [-0.1, -0.05) is 20.3 Å². The van der Waals surface area contributed by atoms with Crippen molar-refractivity contribution < 1.29 is 5.11 Å². The first-order valence-electron chi connectivity index (χ1n) is 3.58. The number of thioether (sulfide) groups is 1. The molecular weight excluding hydrogens is 132 g/mol. The molecule has 2 heteroatoms. The Bertz CT molecular complexity index is 56.9. The van der Waals surface area contributed by atoms with Crippen molar-refractivity contribution in [2.45, 2.75) is 38.5 Å². The minimum Gasteiger partial charge on any atom is -0.221 e. The second kappa shape index (κ2) is 6.43. The van der Waals surface area contributed by atoms with Crippen LogP contribution in [-0.4, -0.2) is 11.2 Å². The lowest BCUT2D eigenvalue weighted by atomic mass is 10.4. The standard InChI is InChI=1S/C7H15OS/c1-3-5-6-9-7(8)4-2/h7H,3-6H2,1-2H3. The molecule has 0 aromatic heterocycles. The summed E-state index contributed by atoms with van der Waals surface area (Å²) < 4.78 is 0. The molecule has 55 valence electrons. The fourth-order valence-electron chi connectivity index (χ4n) is 0.477. The molecule has 0 spiro atoms. The third kappa shape index (κ3) is 6.19. The van der Waals surface area contributed by atoms with Crippen molar-refractivity contribution >= 4 is 11.8 Å². The van der Waals surface area contributed by atoms with E-state index < -0.39 is 0 Å². The van der Waals surface area contributed by atoms with Crippen LogP contribution < -0.4 is 0 Å². The van der Waals surface area contributed by atoms with Crippen molar-refractivity contribution in [3.8, 4) is 0 Å². The largest absolute Gasteiger partial charge is 0.221 e. The van der Waals surface area contributed by atoms with Crippen molar-refractivity contribution in [1.82, 2.24) is 0 Å². The Morgan fingerprint density at radius 1 is 1.44 bits per heavy atom. The van der Waals surface area contributed by atoms with E-state index >= 15 is 0 Å². The first-order valence-corrected chi connectivity index (χ1v) is 4.63. The average Bonchev–Trinajstić information content (AvgIpc) is 1.89. The van der Waals surface area contributed by atoms with E-state index in [1.165, 1.54) is 12.8 Å². The molecule has 0 bridgehead atoms. The van der Waals surface area contributed by atoms with Gasteiger partial charge in [-0.05, 0) is 18.6 Å². The molecule has 0 aromatic carbocycles. The van der Waals surface area contributed by atoms with Crippen LogP contribution in [0.3, 0.4) is 0 Å². The maximum Gasteiger partial charge on any atom is 0.138 e.